The fourth-order valence-electron chi connectivity index (χ4n) is 2.18. The maximum absolute atomic E-state index is 11.4. The molecule has 0 bridgehead atoms. The smallest absolute Gasteiger partial charge is 0.307 e. The highest BCUT2D eigenvalue weighted by Gasteiger charge is 2.23. The Bertz CT molecular complexity index is 500. The van der Waals surface area contributed by atoms with E-state index in [1.165, 1.54) is 7.11 Å². The summed E-state index contributed by atoms with van der Waals surface area (Å²) in [7, 11) is 2.97. The lowest BCUT2D eigenvalue weighted by Gasteiger charge is -2.22. The predicted molar refractivity (Wildman–Crippen MR) is 78.5 cm³/mol. The van der Waals surface area contributed by atoms with E-state index >= 15 is 0 Å². The van der Waals surface area contributed by atoms with Crippen LogP contribution in [-0.2, 0) is 9.53 Å². The highest BCUT2D eigenvalue weighted by molar-refractivity contribution is 9.10. The normalized spacial score (nSPS) is 12.2. The Hall–Kier alpha value is -1.07. The van der Waals surface area contributed by atoms with Crippen molar-refractivity contribution in [1.82, 2.24) is 0 Å². The van der Waals surface area contributed by atoms with Gasteiger partial charge in [0.15, 0.2) is 0 Å². The molecule has 0 fully saturated rings. The minimum Gasteiger partial charge on any atom is -0.496 e. The van der Waals surface area contributed by atoms with E-state index in [-0.39, 0.29) is 12.4 Å². The topological polar surface area (TPSA) is 61.5 Å². The van der Waals surface area contributed by atoms with Crippen molar-refractivity contribution in [3.8, 4) is 5.75 Å². The number of benzene rings is 1. The zero-order valence-electron chi connectivity index (χ0n) is 12.0. The molecule has 0 amide bonds. The van der Waals surface area contributed by atoms with Crippen LogP contribution in [0.15, 0.2) is 4.47 Å². The fourth-order valence-corrected chi connectivity index (χ4v) is 2.69. The van der Waals surface area contributed by atoms with Crippen molar-refractivity contribution in [1.29, 1.82) is 0 Å². The van der Waals surface area contributed by atoms with Gasteiger partial charge in [0.25, 0.3) is 0 Å². The largest absolute Gasteiger partial charge is 0.496 e. The minimum atomic E-state index is -0.446. The number of ether oxygens (including phenoxy) is 2. The molecule has 0 aromatic heterocycles. The average Bonchev–Trinajstić information content (AvgIpc) is 2.39. The number of carbonyl (C=O) groups excluding carboxylic acids is 1. The zero-order valence-corrected chi connectivity index (χ0v) is 13.6. The molecule has 1 unspecified atom stereocenters. The molecule has 2 N–H and O–H groups in total. The SMILES string of the molecule is COC(=O)CC(N)c1c(C)c(Br)c(C)c(C)c1OC. The maximum atomic E-state index is 11.4. The summed E-state index contributed by atoms with van der Waals surface area (Å²) in [6.45, 7) is 5.96. The van der Waals surface area contributed by atoms with E-state index in [0.717, 1.165) is 32.5 Å². The Balaban J connectivity index is 3.37. The summed E-state index contributed by atoms with van der Waals surface area (Å²) in [5.74, 6) is 0.415. The Kier molecular flexibility index (Phi) is 5.38. The minimum absolute atomic E-state index is 0.128. The van der Waals surface area contributed by atoms with Crippen molar-refractivity contribution in [3.05, 3.63) is 26.7 Å². The molecule has 0 saturated heterocycles. The Morgan fingerprint density at radius 1 is 1.21 bits per heavy atom. The third-order valence-electron chi connectivity index (χ3n) is 3.40. The lowest BCUT2D eigenvalue weighted by atomic mass is 9.93. The summed E-state index contributed by atoms with van der Waals surface area (Å²) in [5.41, 5.74) is 10.1. The first-order valence-corrected chi connectivity index (χ1v) is 6.79. The van der Waals surface area contributed by atoms with Crippen molar-refractivity contribution in [2.75, 3.05) is 14.2 Å². The molecule has 0 spiro atoms. The van der Waals surface area contributed by atoms with E-state index in [4.69, 9.17) is 10.5 Å². The van der Waals surface area contributed by atoms with Crippen molar-refractivity contribution in [3.63, 3.8) is 0 Å². The molecular formula is C14H20BrNO3. The van der Waals surface area contributed by atoms with Gasteiger partial charge in [-0.05, 0) is 37.5 Å². The Morgan fingerprint density at radius 3 is 2.26 bits per heavy atom. The monoisotopic (exact) mass is 329 g/mol. The summed E-state index contributed by atoms with van der Waals surface area (Å²) < 4.78 is 11.1. The standard InChI is InChI=1S/C14H20BrNO3/c1-7-8(2)14(19-5)12(9(3)13(7)15)10(16)6-11(17)18-4/h10H,6,16H2,1-5H3. The van der Waals surface area contributed by atoms with Gasteiger partial charge in [-0.25, -0.2) is 0 Å². The first-order valence-electron chi connectivity index (χ1n) is 6.00. The molecule has 0 aliphatic heterocycles. The molecule has 1 rings (SSSR count). The molecule has 0 radical (unpaired) electrons. The second-order valence-electron chi connectivity index (χ2n) is 4.52. The molecule has 0 heterocycles. The van der Waals surface area contributed by atoms with Crippen LogP contribution in [0.3, 0.4) is 0 Å². The van der Waals surface area contributed by atoms with Gasteiger partial charge in [0.2, 0.25) is 0 Å². The highest BCUT2D eigenvalue weighted by Crippen LogP contribution is 2.39. The van der Waals surface area contributed by atoms with Crippen LogP contribution in [-0.4, -0.2) is 20.2 Å². The van der Waals surface area contributed by atoms with Crippen LogP contribution in [0.2, 0.25) is 0 Å². The molecule has 5 heteroatoms. The van der Waals surface area contributed by atoms with Crippen LogP contribution >= 0.6 is 15.9 Å². The summed E-state index contributed by atoms with van der Waals surface area (Å²) in [6, 6.07) is -0.446. The zero-order chi connectivity index (χ0) is 14.7. The number of hydrogen-bond acceptors (Lipinski definition) is 4. The Morgan fingerprint density at radius 2 is 1.79 bits per heavy atom. The van der Waals surface area contributed by atoms with Gasteiger partial charge < -0.3 is 15.2 Å². The number of rotatable bonds is 4. The molecule has 1 aromatic rings. The van der Waals surface area contributed by atoms with Gasteiger partial charge in [-0.1, -0.05) is 15.9 Å². The van der Waals surface area contributed by atoms with Crippen molar-refractivity contribution in [2.24, 2.45) is 5.73 Å². The van der Waals surface area contributed by atoms with Gasteiger partial charge in [-0.3, -0.25) is 4.79 Å². The van der Waals surface area contributed by atoms with Crippen molar-refractivity contribution >= 4 is 21.9 Å². The van der Waals surface area contributed by atoms with E-state index in [0.29, 0.717) is 0 Å². The second kappa shape index (κ2) is 6.39. The summed E-state index contributed by atoms with van der Waals surface area (Å²) in [6.07, 6.45) is 0.128. The lowest BCUT2D eigenvalue weighted by molar-refractivity contribution is -0.141. The summed E-state index contributed by atoms with van der Waals surface area (Å²) in [4.78, 5) is 11.4. The van der Waals surface area contributed by atoms with Crippen LogP contribution in [0, 0.1) is 20.8 Å². The number of carbonyl (C=O) groups is 1. The van der Waals surface area contributed by atoms with Crippen LogP contribution in [0.5, 0.6) is 5.75 Å². The molecule has 106 valence electrons. The summed E-state index contributed by atoms with van der Waals surface area (Å²) >= 11 is 3.57. The first kappa shape index (κ1) is 16.0. The van der Waals surface area contributed by atoms with E-state index < -0.39 is 6.04 Å². The van der Waals surface area contributed by atoms with Gasteiger partial charge in [-0.2, -0.15) is 0 Å². The van der Waals surface area contributed by atoms with Gasteiger partial charge in [0.1, 0.15) is 5.75 Å². The van der Waals surface area contributed by atoms with Crippen LogP contribution < -0.4 is 10.5 Å². The molecule has 0 aliphatic rings. The van der Waals surface area contributed by atoms with Crippen molar-refractivity contribution in [2.45, 2.75) is 33.2 Å². The van der Waals surface area contributed by atoms with Crippen molar-refractivity contribution < 1.29 is 14.3 Å². The average molecular weight is 330 g/mol. The lowest BCUT2D eigenvalue weighted by Crippen LogP contribution is -2.19. The molecule has 1 aromatic carbocycles. The van der Waals surface area contributed by atoms with E-state index in [2.05, 4.69) is 20.7 Å². The maximum Gasteiger partial charge on any atom is 0.307 e. The summed E-state index contributed by atoms with van der Waals surface area (Å²) in [5, 5.41) is 0. The number of esters is 1. The number of methoxy groups -OCH3 is 2. The quantitative estimate of drug-likeness (QED) is 0.862. The van der Waals surface area contributed by atoms with E-state index in [9.17, 15) is 4.79 Å². The number of halogens is 1. The van der Waals surface area contributed by atoms with Crippen LogP contribution in [0.25, 0.3) is 0 Å². The van der Waals surface area contributed by atoms with E-state index in [1.54, 1.807) is 7.11 Å². The molecule has 19 heavy (non-hydrogen) atoms. The van der Waals surface area contributed by atoms with Gasteiger partial charge in [0.05, 0.1) is 20.6 Å². The molecule has 0 aliphatic carbocycles. The van der Waals surface area contributed by atoms with Gasteiger partial charge in [-0.15, -0.1) is 0 Å². The molecule has 4 nitrogen and oxygen atoms in total. The molecule has 1 atom stereocenters. The third kappa shape index (κ3) is 3.09. The number of nitrogens with two attached hydrogens (primary N) is 1. The number of hydrogen-bond donors (Lipinski definition) is 1. The molecular weight excluding hydrogens is 310 g/mol. The van der Waals surface area contributed by atoms with Crippen LogP contribution in [0.1, 0.15) is 34.7 Å². The second-order valence-corrected chi connectivity index (χ2v) is 5.32. The molecule has 0 saturated carbocycles. The van der Waals surface area contributed by atoms with Gasteiger partial charge in [0, 0.05) is 16.1 Å². The van der Waals surface area contributed by atoms with Gasteiger partial charge >= 0.3 is 5.97 Å². The Labute approximate surface area is 122 Å². The first-order chi connectivity index (χ1) is 8.84. The van der Waals surface area contributed by atoms with Crippen LogP contribution in [0.4, 0.5) is 0 Å². The predicted octanol–water partition coefficient (Wildman–Crippen LogP) is 2.95. The highest BCUT2D eigenvalue weighted by atomic mass is 79.9. The third-order valence-corrected chi connectivity index (χ3v) is 4.59. The van der Waals surface area contributed by atoms with E-state index in [1.807, 2.05) is 20.8 Å². The fraction of sp³-hybridized carbons (Fsp3) is 0.500.